The Morgan fingerprint density at radius 3 is 0.752 bits per heavy atom. The van der Waals surface area contributed by atoms with E-state index >= 15 is 0 Å². The number of hydrogen-bond acceptors (Lipinski definition) is 0. The molecule has 0 aliphatic carbocycles. The summed E-state index contributed by atoms with van der Waals surface area (Å²) in [6.45, 7) is 14.1. The van der Waals surface area contributed by atoms with Crippen molar-refractivity contribution in [3.8, 4) is 0 Å². The van der Waals surface area contributed by atoms with Gasteiger partial charge in [-0.3, -0.25) is 0 Å². The van der Waals surface area contributed by atoms with Gasteiger partial charge in [-0.2, -0.15) is 0 Å². The van der Waals surface area contributed by atoms with Crippen molar-refractivity contribution in [2.24, 2.45) is 0 Å². The molecule has 12 aromatic carbocycles. The van der Waals surface area contributed by atoms with Gasteiger partial charge in [-0.05, 0) is 149 Å². The quantitative estimate of drug-likeness (QED) is 0.0165. The molecule has 2 atom stereocenters. The molecule has 0 bridgehead atoms. The molecule has 516 valence electrons. The molecule has 2 nitrogen and oxygen atoms in total. The maximum absolute atomic E-state index is 3.59. The summed E-state index contributed by atoms with van der Waals surface area (Å²) in [4.78, 5) is 0. The molecule has 2 heterocycles. The number of para-hydroxylation sites is 2. The van der Waals surface area contributed by atoms with Crippen LogP contribution in [-0.2, 0) is 0 Å². The minimum Gasteiger partial charge on any atom is -0.363 e. The summed E-state index contributed by atoms with van der Waals surface area (Å²) >= 11 is 0. The van der Waals surface area contributed by atoms with Gasteiger partial charge in [0.25, 0.3) is 0 Å². The lowest BCUT2D eigenvalue weighted by Gasteiger charge is -2.42. The van der Waals surface area contributed by atoms with E-state index < -0.39 is 24.5 Å². The van der Waals surface area contributed by atoms with E-state index in [1.807, 2.05) is 0 Å². The second-order valence-corrected chi connectivity index (χ2v) is 42.0. The fourth-order valence-electron chi connectivity index (χ4n) is 19.3. The molecule has 0 saturated heterocycles. The van der Waals surface area contributed by atoms with Crippen LogP contribution in [0, 0.1) is 13.8 Å². The molecule has 2 aromatic heterocycles. The second kappa shape index (κ2) is 32.1. The summed E-state index contributed by atoms with van der Waals surface area (Å²) in [5, 5.41) is 26.4. The highest BCUT2D eigenvalue weighted by atomic mass is 28.3. The van der Waals surface area contributed by atoms with E-state index in [0.717, 1.165) is 0 Å². The van der Waals surface area contributed by atoms with Crippen molar-refractivity contribution in [2.75, 3.05) is 0 Å². The number of nitrogens with zero attached hydrogens (tertiary/aromatic N) is 2. The number of rotatable bonds is 34. The third-order valence-corrected chi connectivity index (χ3v) is 39.1. The lowest BCUT2D eigenvalue weighted by molar-refractivity contribution is 0.619. The van der Waals surface area contributed by atoms with Gasteiger partial charge in [0, 0.05) is 43.6 Å². The second-order valence-electron chi connectivity index (χ2n) is 30.3. The minimum absolute atomic E-state index is 1.20. The highest BCUT2D eigenvalue weighted by Crippen LogP contribution is 2.43. The van der Waals surface area contributed by atoms with Gasteiger partial charge in [0.05, 0.1) is 0 Å². The van der Waals surface area contributed by atoms with Crippen molar-refractivity contribution in [1.82, 2.24) is 8.47 Å². The predicted molar refractivity (Wildman–Crippen MR) is 454 cm³/mol. The first-order valence-corrected chi connectivity index (χ1v) is 46.6. The molecule has 14 aromatic rings. The third kappa shape index (κ3) is 13.1. The number of aryl methyl sites for hydroxylation is 2. The Bertz CT molecular complexity index is 4700. The Kier molecular flexibility index (Phi) is 22.2. The average molecular weight is 1380 g/mol. The van der Waals surface area contributed by atoms with Crippen molar-refractivity contribution < 1.29 is 0 Å². The van der Waals surface area contributed by atoms with E-state index in [1.54, 1.807) is 10.4 Å². The van der Waals surface area contributed by atoms with E-state index in [-0.39, 0.29) is 0 Å². The zero-order chi connectivity index (χ0) is 69.2. The number of hydrogen-bond donors (Lipinski definition) is 0. The van der Waals surface area contributed by atoms with Crippen LogP contribution in [0.1, 0.15) is 180 Å². The van der Waals surface area contributed by atoms with Gasteiger partial charge in [-0.15, -0.1) is 0 Å². The smallest absolute Gasteiger partial charge is 0.195 e. The molecular formula is C96H110N2Si3. The summed E-state index contributed by atoms with van der Waals surface area (Å²) in [6, 6.07) is 104. The molecule has 101 heavy (non-hydrogen) atoms. The van der Waals surface area contributed by atoms with Crippen LogP contribution in [0.25, 0.3) is 86.7 Å². The first kappa shape index (κ1) is 70.0. The van der Waals surface area contributed by atoms with E-state index in [1.165, 1.54) is 284 Å². The SMILES string of the molecule is CCCCCCCC[Si](CCCCCCC)(c1c2ccccc2c([Si](c2ccccc2)(c2ccccc2)c2c3ccccc3c([Si](CCCCCCC)(CCCCCCCC)n3c4ccccc4c4cc(C)ccc43)c3ccccc23)c2ccccc12)n1c2ccccc2c2cc(C)ccc21. The lowest BCUT2D eigenvalue weighted by atomic mass is 10.0. The van der Waals surface area contributed by atoms with Gasteiger partial charge in [0.15, 0.2) is 24.5 Å². The van der Waals surface area contributed by atoms with Crippen LogP contribution in [0.3, 0.4) is 0 Å². The van der Waals surface area contributed by atoms with Gasteiger partial charge in [-0.25, -0.2) is 0 Å². The maximum atomic E-state index is 3.08. The van der Waals surface area contributed by atoms with Crippen molar-refractivity contribution >= 4 is 142 Å². The molecule has 0 spiro atoms. The Labute approximate surface area is 607 Å². The highest BCUT2D eigenvalue weighted by Gasteiger charge is 2.51. The molecule has 5 heteroatoms. The molecular weight excluding hydrogens is 1270 g/mol. The molecule has 0 fully saturated rings. The number of unbranched alkanes of at least 4 members (excludes halogenated alkanes) is 18. The van der Waals surface area contributed by atoms with Gasteiger partial charge >= 0.3 is 0 Å². The molecule has 0 amide bonds. The summed E-state index contributed by atoms with van der Waals surface area (Å²) in [5.74, 6) is 0. The monoisotopic (exact) mass is 1370 g/mol. The molecule has 0 aliphatic heterocycles. The Morgan fingerprint density at radius 1 is 0.218 bits per heavy atom. The van der Waals surface area contributed by atoms with Crippen molar-refractivity contribution in [1.29, 1.82) is 0 Å². The maximum Gasteiger partial charge on any atom is 0.195 e. The zero-order valence-corrected chi connectivity index (χ0v) is 64.9. The van der Waals surface area contributed by atoms with Crippen LogP contribution in [0.4, 0.5) is 0 Å². The van der Waals surface area contributed by atoms with Crippen LogP contribution >= 0.6 is 0 Å². The largest absolute Gasteiger partial charge is 0.363 e. The first-order chi connectivity index (χ1) is 49.8. The summed E-state index contributed by atoms with van der Waals surface area (Å²) in [7, 11) is -9.41. The molecule has 0 aliphatic rings. The summed E-state index contributed by atoms with van der Waals surface area (Å²) in [5.41, 5.74) is 8.33. The molecule has 14 rings (SSSR count). The number of benzene rings is 12. The zero-order valence-electron chi connectivity index (χ0n) is 61.9. The normalized spacial score (nSPS) is 13.4. The van der Waals surface area contributed by atoms with Gasteiger partial charge in [0.2, 0.25) is 0 Å². The highest BCUT2D eigenvalue weighted by molar-refractivity contribution is 7.23. The van der Waals surface area contributed by atoms with Crippen molar-refractivity contribution in [2.45, 2.75) is 207 Å². The number of aromatic nitrogens is 2. The fraction of sp³-hybridized carbons (Fsp3) is 0.333. The Hall–Kier alpha value is -8.07. The van der Waals surface area contributed by atoms with Crippen LogP contribution in [0.15, 0.2) is 243 Å². The topological polar surface area (TPSA) is 9.86 Å². The van der Waals surface area contributed by atoms with Gasteiger partial charge < -0.3 is 8.47 Å². The van der Waals surface area contributed by atoms with E-state index in [9.17, 15) is 0 Å². The van der Waals surface area contributed by atoms with E-state index in [2.05, 4.69) is 293 Å². The lowest BCUT2D eigenvalue weighted by Crippen LogP contribution is -2.75. The van der Waals surface area contributed by atoms with Crippen molar-refractivity contribution in [3.05, 3.63) is 254 Å². The summed E-state index contributed by atoms with van der Waals surface area (Å²) < 4.78 is 6.16. The first-order valence-electron chi connectivity index (χ1n) is 39.8. The van der Waals surface area contributed by atoms with Crippen LogP contribution in [0.2, 0.25) is 24.2 Å². The minimum atomic E-state index is -3.59. The molecule has 0 N–H and O–H groups in total. The average Bonchev–Trinajstić information content (AvgIpc) is 1.25. The molecule has 0 radical (unpaired) electrons. The van der Waals surface area contributed by atoms with Gasteiger partial charge in [0.1, 0.15) is 0 Å². The Morgan fingerprint density at radius 2 is 0.455 bits per heavy atom. The van der Waals surface area contributed by atoms with Crippen LogP contribution in [-0.4, -0.2) is 33.0 Å². The fourth-order valence-corrected chi connectivity index (χ4v) is 36.6. The summed E-state index contributed by atoms with van der Waals surface area (Å²) in [6.07, 6.45) is 28.0. The van der Waals surface area contributed by atoms with Crippen molar-refractivity contribution in [3.63, 3.8) is 0 Å². The van der Waals surface area contributed by atoms with Crippen LogP contribution in [0.5, 0.6) is 0 Å². The molecule has 0 saturated carbocycles. The van der Waals surface area contributed by atoms with Gasteiger partial charge in [-0.1, -0.05) is 386 Å². The Balaban J connectivity index is 1.14. The van der Waals surface area contributed by atoms with Crippen LogP contribution < -0.4 is 31.1 Å². The van der Waals surface area contributed by atoms with E-state index in [4.69, 9.17) is 0 Å². The van der Waals surface area contributed by atoms with E-state index in [0.29, 0.717) is 0 Å². The standard InChI is InChI=1S/C96H110N2Si3/c1-7-11-15-19-23-45-69-99(67-43-21-17-13-9-3,97-89-61-41-39-51-77(89)87-71-73(5)63-65-91(87)97)93-79-53-31-35-57-83(79)95(84-58-36-32-54-80(84)93)101(75-47-27-25-28-48-75,76-49-29-26-30-50-76)96-85-59-37-33-55-81(85)94(82-56-34-38-60-86(82)96)100(68-44-22-18-14-10-4,70-46-24-20-16-12-8-2)98-90-62-42-40-52-78(90)88-72-74(6)64-66-92(88)98/h25-42,47-66,71-72H,7-24,43-46,67-70H2,1-6H3. The third-order valence-electron chi connectivity index (χ3n) is 23.7. The number of fused-ring (bicyclic) bond motifs is 10. The molecule has 2 unspecified atom stereocenters. The predicted octanol–water partition coefficient (Wildman–Crippen LogP) is 24.6.